The highest BCUT2D eigenvalue weighted by Crippen LogP contribution is 2.24. The van der Waals surface area contributed by atoms with Crippen LogP contribution in [-0.4, -0.2) is 31.8 Å². The van der Waals surface area contributed by atoms with E-state index in [1.54, 1.807) is 12.1 Å². The van der Waals surface area contributed by atoms with E-state index in [1.807, 2.05) is 13.8 Å². The second-order valence-electron chi connectivity index (χ2n) is 5.27. The Morgan fingerprint density at radius 3 is 2.18 bits per heavy atom. The maximum Gasteiger partial charge on any atom is 0.327 e. The Kier molecular flexibility index (Phi) is 6.51. The fourth-order valence-electron chi connectivity index (χ4n) is 2.02. The number of carboxylic acid groups (broad SMARTS) is 1. The molecular formula is C14H20N2O5S. The lowest BCUT2D eigenvalue weighted by atomic mass is 10.0. The highest BCUT2D eigenvalue weighted by Gasteiger charge is 2.30. The average Bonchev–Trinajstić information content (AvgIpc) is 2.38. The molecule has 3 N–H and O–H groups in total. The Morgan fingerprint density at radius 2 is 1.82 bits per heavy atom. The van der Waals surface area contributed by atoms with Gasteiger partial charge in [0.2, 0.25) is 5.91 Å². The van der Waals surface area contributed by atoms with E-state index < -0.39 is 23.3 Å². The molecule has 0 saturated heterocycles. The quantitative estimate of drug-likeness (QED) is 0.664. The maximum atomic E-state index is 11.6. The summed E-state index contributed by atoms with van der Waals surface area (Å²) in [5.74, 6) is -1.36. The second kappa shape index (κ2) is 7.90. The van der Waals surface area contributed by atoms with Crippen molar-refractivity contribution in [3.05, 3.63) is 24.3 Å². The van der Waals surface area contributed by atoms with Gasteiger partial charge in [-0.3, -0.25) is 13.7 Å². The fourth-order valence-corrected chi connectivity index (χ4v) is 2.71. The lowest BCUT2D eigenvalue weighted by molar-refractivity contribution is -0.138. The number of nitrogens with zero attached hydrogens (tertiary/aromatic N) is 1. The molecular weight excluding hydrogens is 308 g/mol. The average molecular weight is 328 g/mol. The molecule has 1 aromatic carbocycles. The molecule has 0 radical (unpaired) electrons. The number of anilines is 2. The van der Waals surface area contributed by atoms with Crippen LogP contribution in [0.5, 0.6) is 0 Å². The highest BCUT2D eigenvalue weighted by atomic mass is 32.2. The van der Waals surface area contributed by atoms with Crippen LogP contribution in [0, 0.1) is 5.92 Å². The summed E-state index contributed by atoms with van der Waals surface area (Å²) in [6, 6.07) is 4.97. The Labute approximate surface area is 131 Å². The van der Waals surface area contributed by atoms with Crippen LogP contribution in [0.15, 0.2) is 24.3 Å². The van der Waals surface area contributed by atoms with Crippen LogP contribution in [-0.2, 0) is 20.9 Å². The van der Waals surface area contributed by atoms with Crippen molar-refractivity contribution in [1.29, 1.82) is 0 Å². The lowest BCUT2D eigenvalue weighted by Gasteiger charge is -2.28. The van der Waals surface area contributed by atoms with Crippen molar-refractivity contribution < 1.29 is 23.5 Å². The Balaban J connectivity index is 3.10. The molecule has 122 valence electrons. The Hall–Kier alpha value is -1.93. The minimum atomic E-state index is -2.47. The first kappa shape index (κ1) is 18.1. The number of carbonyl (C=O) groups is 2. The van der Waals surface area contributed by atoms with E-state index in [2.05, 4.69) is 5.32 Å². The van der Waals surface area contributed by atoms with E-state index in [9.17, 15) is 23.5 Å². The van der Waals surface area contributed by atoms with E-state index in [0.717, 1.165) is 4.31 Å². The molecule has 0 saturated carbocycles. The van der Waals surface area contributed by atoms with E-state index in [1.165, 1.54) is 19.1 Å². The molecule has 0 aliphatic carbocycles. The van der Waals surface area contributed by atoms with Crippen LogP contribution in [0.3, 0.4) is 0 Å². The third-order valence-electron chi connectivity index (χ3n) is 2.87. The van der Waals surface area contributed by atoms with E-state index >= 15 is 0 Å². The molecule has 8 heteroatoms. The number of carbonyl (C=O) groups excluding carboxylic acids is 1. The molecule has 1 rings (SSSR count). The number of benzene rings is 1. The number of aliphatic carboxylic acids is 1. The molecule has 1 amide bonds. The molecule has 7 nitrogen and oxygen atoms in total. The van der Waals surface area contributed by atoms with E-state index in [4.69, 9.17) is 0 Å². The van der Waals surface area contributed by atoms with Crippen LogP contribution in [0.1, 0.15) is 27.2 Å². The van der Waals surface area contributed by atoms with E-state index in [0.29, 0.717) is 11.4 Å². The molecule has 0 spiro atoms. The van der Waals surface area contributed by atoms with Gasteiger partial charge in [-0.1, -0.05) is 13.8 Å². The first-order chi connectivity index (χ1) is 10.2. The van der Waals surface area contributed by atoms with Crippen molar-refractivity contribution in [1.82, 2.24) is 0 Å². The normalized spacial score (nSPS) is 13.5. The van der Waals surface area contributed by atoms with Gasteiger partial charge in [0.25, 0.3) is 11.3 Å². The van der Waals surface area contributed by atoms with Crippen molar-refractivity contribution in [3.63, 3.8) is 0 Å². The van der Waals surface area contributed by atoms with Gasteiger partial charge < -0.3 is 10.4 Å². The topological polar surface area (TPSA) is 107 Å². The van der Waals surface area contributed by atoms with Crippen molar-refractivity contribution in [2.45, 2.75) is 33.2 Å². The van der Waals surface area contributed by atoms with E-state index in [-0.39, 0.29) is 18.2 Å². The van der Waals surface area contributed by atoms with Crippen molar-refractivity contribution in [2.24, 2.45) is 5.92 Å². The summed E-state index contributed by atoms with van der Waals surface area (Å²) in [6.07, 6.45) is 0.231. The smallest absolute Gasteiger partial charge is 0.327 e. The van der Waals surface area contributed by atoms with Gasteiger partial charge in [0.1, 0.15) is 6.04 Å². The summed E-state index contributed by atoms with van der Waals surface area (Å²) in [5.41, 5.74) is 0.818. The van der Waals surface area contributed by atoms with Crippen molar-refractivity contribution in [3.8, 4) is 0 Å². The maximum absolute atomic E-state index is 11.6. The molecule has 2 unspecified atom stereocenters. The first-order valence-corrected chi connectivity index (χ1v) is 7.79. The molecule has 0 aliphatic heterocycles. The third kappa shape index (κ3) is 5.12. The number of rotatable bonds is 7. The van der Waals surface area contributed by atoms with Gasteiger partial charge >= 0.3 is 5.97 Å². The molecule has 0 fully saturated rings. The molecule has 0 aromatic heterocycles. The molecule has 22 heavy (non-hydrogen) atoms. The van der Waals surface area contributed by atoms with Gasteiger partial charge in [-0.15, -0.1) is 0 Å². The van der Waals surface area contributed by atoms with Crippen LogP contribution in [0.2, 0.25) is 0 Å². The zero-order valence-corrected chi connectivity index (χ0v) is 13.5. The number of carboxylic acids is 1. The summed E-state index contributed by atoms with van der Waals surface area (Å²) in [6.45, 7) is 5.05. The molecule has 0 aliphatic rings. The minimum absolute atomic E-state index is 0.0470. The fraction of sp³-hybridized carbons (Fsp3) is 0.429. The van der Waals surface area contributed by atoms with Crippen molar-refractivity contribution in [2.75, 3.05) is 9.62 Å². The van der Waals surface area contributed by atoms with Crippen molar-refractivity contribution >= 4 is 34.5 Å². The number of nitrogens with one attached hydrogen (secondary N) is 1. The molecule has 1 aromatic rings. The van der Waals surface area contributed by atoms with Gasteiger partial charge in [-0.2, -0.15) is 0 Å². The lowest BCUT2D eigenvalue weighted by Crippen LogP contribution is -2.43. The Bertz CT molecular complexity index is 559. The van der Waals surface area contributed by atoms with Gasteiger partial charge in [-0.25, -0.2) is 9.00 Å². The molecule has 0 bridgehead atoms. The summed E-state index contributed by atoms with van der Waals surface area (Å²) >= 11 is -2.47. The summed E-state index contributed by atoms with van der Waals surface area (Å²) in [5, 5.41) is 11.9. The monoisotopic (exact) mass is 328 g/mol. The second-order valence-corrected chi connectivity index (χ2v) is 6.12. The predicted molar refractivity (Wildman–Crippen MR) is 84.9 cm³/mol. The summed E-state index contributed by atoms with van der Waals surface area (Å²) < 4.78 is 22.0. The number of amides is 1. The minimum Gasteiger partial charge on any atom is -0.480 e. The molecule has 2 atom stereocenters. The van der Waals surface area contributed by atoms with Gasteiger partial charge in [-0.05, 0) is 36.6 Å². The third-order valence-corrected chi connectivity index (χ3v) is 3.68. The molecule has 0 heterocycles. The largest absolute Gasteiger partial charge is 0.480 e. The highest BCUT2D eigenvalue weighted by molar-refractivity contribution is 7.80. The SMILES string of the molecule is CC(=O)Nc1ccc(N(C(CC(C)C)C(=O)O)S(=O)O)cc1. The van der Waals surface area contributed by atoms with Crippen LogP contribution >= 0.6 is 0 Å². The summed E-state index contributed by atoms with van der Waals surface area (Å²) in [7, 11) is 0. The van der Waals surface area contributed by atoms with Crippen LogP contribution in [0.25, 0.3) is 0 Å². The van der Waals surface area contributed by atoms with Gasteiger partial charge in [0, 0.05) is 12.6 Å². The zero-order chi connectivity index (χ0) is 16.9. The van der Waals surface area contributed by atoms with Crippen LogP contribution in [0.4, 0.5) is 11.4 Å². The standard InChI is InChI=1S/C14H20N2O5S/c1-9(2)8-13(14(18)19)16(22(20)21)12-6-4-11(5-7-12)15-10(3)17/h4-7,9,13H,8H2,1-3H3,(H,15,17)(H,18,19)(H,20,21). The number of hydrogen-bond donors (Lipinski definition) is 3. The zero-order valence-electron chi connectivity index (χ0n) is 12.6. The van der Waals surface area contributed by atoms with Gasteiger partial charge in [0.15, 0.2) is 0 Å². The Morgan fingerprint density at radius 1 is 1.27 bits per heavy atom. The first-order valence-electron chi connectivity index (χ1n) is 6.73. The van der Waals surface area contributed by atoms with Gasteiger partial charge in [0.05, 0.1) is 5.69 Å². The van der Waals surface area contributed by atoms with Crippen LogP contribution < -0.4 is 9.62 Å². The predicted octanol–water partition coefficient (Wildman–Crippen LogP) is 2.09. The summed E-state index contributed by atoms with van der Waals surface area (Å²) in [4.78, 5) is 22.4. The number of hydrogen-bond acceptors (Lipinski definition) is 3.